The number of amides is 4. The zero-order chi connectivity index (χ0) is 33.5. The van der Waals surface area contributed by atoms with Crippen molar-refractivity contribution in [3.8, 4) is 0 Å². The third-order valence-electron chi connectivity index (χ3n) is 6.99. The highest BCUT2D eigenvalue weighted by molar-refractivity contribution is 8.00. The predicted octanol–water partition coefficient (Wildman–Crippen LogP) is 5.22. The van der Waals surface area contributed by atoms with Crippen molar-refractivity contribution in [1.82, 2.24) is 5.32 Å². The maximum atomic E-state index is 13.3. The number of carbonyl (C=O) groups is 5. The van der Waals surface area contributed by atoms with Crippen LogP contribution >= 0.6 is 11.8 Å². The number of hydrogen-bond acceptors (Lipinski definition) is 9. The number of anilines is 2. The van der Waals surface area contributed by atoms with Crippen molar-refractivity contribution in [3.63, 3.8) is 0 Å². The molecule has 4 aromatic rings. The fourth-order valence-corrected chi connectivity index (χ4v) is 5.67. The van der Waals surface area contributed by atoms with Crippen LogP contribution in [0.25, 0.3) is 6.08 Å². The van der Waals surface area contributed by atoms with Gasteiger partial charge in [0.25, 0.3) is 17.5 Å². The van der Waals surface area contributed by atoms with Crippen LogP contribution in [0.2, 0.25) is 0 Å². The van der Waals surface area contributed by atoms with Gasteiger partial charge in [-0.2, -0.15) is 0 Å². The molecule has 1 fully saturated rings. The highest BCUT2D eigenvalue weighted by Crippen LogP contribution is 2.34. The summed E-state index contributed by atoms with van der Waals surface area (Å²) in [6.07, 6.45) is 1.39. The van der Waals surface area contributed by atoms with E-state index in [0.29, 0.717) is 33.0 Å². The highest BCUT2D eigenvalue weighted by atomic mass is 32.2. The Morgan fingerprint density at radius 2 is 1.55 bits per heavy atom. The van der Waals surface area contributed by atoms with Crippen molar-refractivity contribution in [3.05, 3.63) is 136 Å². The number of esters is 1. The lowest BCUT2D eigenvalue weighted by atomic mass is 10.1. The van der Waals surface area contributed by atoms with Gasteiger partial charge < -0.3 is 15.4 Å². The molecule has 4 amide bonds. The van der Waals surface area contributed by atoms with E-state index < -0.39 is 33.9 Å². The van der Waals surface area contributed by atoms with E-state index in [1.807, 2.05) is 0 Å². The van der Waals surface area contributed by atoms with Gasteiger partial charge in [-0.3, -0.25) is 29.3 Å². The molecule has 0 spiro atoms. The van der Waals surface area contributed by atoms with Crippen LogP contribution in [-0.2, 0) is 19.1 Å². The van der Waals surface area contributed by atoms with Gasteiger partial charge in [0.05, 0.1) is 28.5 Å². The first kappa shape index (κ1) is 32.3. The quantitative estimate of drug-likeness (QED) is 0.0770. The smallest absolute Gasteiger partial charge is 0.337 e. The van der Waals surface area contributed by atoms with Gasteiger partial charge in [0.1, 0.15) is 5.70 Å². The third-order valence-corrected chi connectivity index (χ3v) is 8.18. The highest BCUT2D eigenvalue weighted by Gasteiger charge is 2.40. The van der Waals surface area contributed by atoms with Crippen LogP contribution in [0.1, 0.15) is 32.7 Å². The van der Waals surface area contributed by atoms with Crippen LogP contribution in [0.15, 0.2) is 114 Å². The minimum absolute atomic E-state index is 0.0152. The molecule has 236 valence electrons. The van der Waals surface area contributed by atoms with E-state index >= 15 is 0 Å². The first-order valence-electron chi connectivity index (χ1n) is 14.1. The summed E-state index contributed by atoms with van der Waals surface area (Å²) in [5.74, 6) is -2.45. The molecule has 1 aliphatic rings. The molecular formula is C34H26N4O8S. The lowest BCUT2D eigenvalue weighted by Crippen LogP contribution is -2.31. The summed E-state index contributed by atoms with van der Waals surface area (Å²) in [5.41, 5.74) is 1.60. The number of nitrogens with zero attached hydrogens (tertiary/aromatic N) is 2. The zero-order valence-corrected chi connectivity index (χ0v) is 25.6. The van der Waals surface area contributed by atoms with Crippen molar-refractivity contribution < 1.29 is 33.6 Å². The van der Waals surface area contributed by atoms with E-state index in [2.05, 4.69) is 15.4 Å². The van der Waals surface area contributed by atoms with Gasteiger partial charge in [-0.05, 0) is 84.4 Å². The molecule has 12 nitrogen and oxygen atoms in total. The average Bonchev–Trinajstić information content (AvgIpc) is 3.37. The van der Waals surface area contributed by atoms with Crippen LogP contribution in [-0.4, -0.2) is 46.9 Å². The van der Waals surface area contributed by atoms with Gasteiger partial charge in [0, 0.05) is 34.7 Å². The van der Waals surface area contributed by atoms with Gasteiger partial charge in [-0.1, -0.05) is 18.2 Å². The summed E-state index contributed by atoms with van der Waals surface area (Å²) >= 11 is 1.20. The fourth-order valence-electron chi connectivity index (χ4n) is 4.61. The van der Waals surface area contributed by atoms with E-state index in [-0.39, 0.29) is 23.7 Å². The van der Waals surface area contributed by atoms with Crippen LogP contribution in [0.5, 0.6) is 0 Å². The van der Waals surface area contributed by atoms with Gasteiger partial charge >= 0.3 is 5.97 Å². The molecule has 0 saturated carbocycles. The molecule has 5 rings (SSSR count). The van der Waals surface area contributed by atoms with Crippen LogP contribution < -0.4 is 15.5 Å². The Labute approximate surface area is 272 Å². The summed E-state index contributed by atoms with van der Waals surface area (Å²) in [7, 11) is 1.26. The first-order valence-corrected chi connectivity index (χ1v) is 15.0. The molecule has 0 bridgehead atoms. The van der Waals surface area contributed by atoms with Gasteiger partial charge in [0.2, 0.25) is 11.8 Å². The summed E-state index contributed by atoms with van der Waals surface area (Å²) in [6, 6.07) is 26.4. The third kappa shape index (κ3) is 7.78. The molecule has 1 heterocycles. The molecule has 0 aromatic heterocycles. The van der Waals surface area contributed by atoms with E-state index in [0.717, 1.165) is 4.90 Å². The Bertz CT molecular complexity index is 1880. The van der Waals surface area contributed by atoms with Crippen molar-refractivity contribution >= 4 is 64.5 Å². The number of thioether (sulfide) groups is 1. The number of carbonyl (C=O) groups excluding carboxylic acids is 5. The molecule has 1 saturated heterocycles. The lowest BCUT2D eigenvalue weighted by molar-refractivity contribution is -0.384. The van der Waals surface area contributed by atoms with E-state index in [1.165, 1.54) is 73.5 Å². The summed E-state index contributed by atoms with van der Waals surface area (Å²) in [4.78, 5) is 76.0. The number of hydrogen-bond donors (Lipinski definition) is 2. The van der Waals surface area contributed by atoms with Gasteiger partial charge in [0.15, 0.2) is 0 Å². The van der Waals surface area contributed by atoms with Crippen LogP contribution in [0.3, 0.4) is 0 Å². The summed E-state index contributed by atoms with van der Waals surface area (Å²) in [6.45, 7) is 0. The van der Waals surface area contributed by atoms with Crippen molar-refractivity contribution in [2.24, 2.45) is 0 Å². The average molecular weight is 651 g/mol. The van der Waals surface area contributed by atoms with Crippen molar-refractivity contribution in [1.29, 1.82) is 0 Å². The van der Waals surface area contributed by atoms with Gasteiger partial charge in [-0.25, -0.2) is 9.69 Å². The Morgan fingerprint density at radius 1 is 0.894 bits per heavy atom. The summed E-state index contributed by atoms with van der Waals surface area (Å²) in [5, 5.41) is 15.7. The second-order valence-electron chi connectivity index (χ2n) is 10.1. The molecule has 1 aliphatic heterocycles. The fraction of sp³-hybridized carbons (Fsp3) is 0.0882. The van der Waals surface area contributed by atoms with Crippen LogP contribution in [0, 0.1) is 10.1 Å². The number of methoxy groups -OCH3 is 1. The van der Waals surface area contributed by atoms with E-state index in [9.17, 15) is 34.1 Å². The molecular weight excluding hydrogens is 624 g/mol. The first-order chi connectivity index (χ1) is 22.6. The number of imide groups is 1. The van der Waals surface area contributed by atoms with Crippen LogP contribution in [0.4, 0.5) is 17.1 Å². The number of rotatable bonds is 10. The number of benzene rings is 4. The number of nitro benzene ring substituents is 1. The molecule has 4 aromatic carbocycles. The Hall–Kier alpha value is -6.08. The standard InChI is InChI=1S/C34H26N4O8S/c1-46-34(43)23-9-15-25(16-10-23)37-30(39)20-29(33(37)42)47-27-17-11-24(12-18-27)35-32(41)28(36-31(40)22-5-3-2-4-6-22)19-21-7-13-26(14-8-21)38(44)45/h2-19,29H,20H2,1H3,(H,35,41)(H,36,40)/b28-19-. The normalized spacial score (nSPS) is 14.4. The molecule has 47 heavy (non-hydrogen) atoms. The minimum Gasteiger partial charge on any atom is -0.465 e. The minimum atomic E-state index is -0.673. The maximum absolute atomic E-state index is 13.3. The Morgan fingerprint density at radius 3 is 2.17 bits per heavy atom. The lowest BCUT2D eigenvalue weighted by Gasteiger charge is -2.15. The largest absolute Gasteiger partial charge is 0.465 e. The van der Waals surface area contributed by atoms with Gasteiger partial charge in [-0.15, -0.1) is 11.8 Å². The molecule has 13 heteroatoms. The second kappa shape index (κ2) is 14.3. The Balaban J connectivity index is 1.27. The number of non-ortho nitro benzene ring substituents is 1. The van der Waals surface area contributed by atoms with Crippen molar-refractivity contribution in [2.75, 3.05) is 17.3 Å². The maximum Gasteiger partial charge on any atom is 0.337 e. The molecule has 1 atom stereocenters. The molecule has 0 aliphatic carbocycles. The molecule has 0 radical (unpaired) electrons. The number of nitrogens with one attached hydrogen (secondary N) is 2. The SMILES string of the molecule is COC(=O)c1ccc(N2C(=O)CC(Sc3ccc(NC(=O)/C(=C/c4ccc([N+](=O)[O-])cc4)NC(=O)c4ccccc4)cc3)C2=O)cc1. The summed E-state index contributed by atoms with van der Waals surface area (Å²) < 4.78 is 4.68. The zero-order valence-electron chi connectivity index (χ0n) is 24.7. The predicted molar refractivity (Wildman–Crippen MR) is 175 cm³/mol. The van der Waals surface area contributed by atoms with Crippen molar-refractivity contribution in [2.45, 2.75) is 16.6 Å². The number of ether oxygens (including phenoxy) is 1. The molecule has 1 unspecified atom stereocenters. The number of nitro groups is 1. The Kier molecular flexibility index (Phi) is 9.87. The molecule has 2 N–H and O–H groups in total. The second-order valence-corrected chi connectivity index (χ2v) is 11.4. The monoisotopic (exact) mass is 650 g/mol. The van der Waals surface area contributed by atoms with E-state index in [1.54, 1.807) is 54.6 Å². The topological polar surface area (TPSA) is 165 Å². The van der Waals surface area contributed by atoms with E-state index in [4.69, 9.17) is 0 Å².